The third-order valence-corrected chi connectivity index (χ3v) is 5.89. The van der Waals surface area contributed by atoms with Gasteiger partial charge in [0, 0.05) is 17.1 Å². The van der Waals surface area contributed by atoms with E-state index in [0.29, 0.717) is 12.2 Å². The lowest BCUT2D eigenvalue weighted by Crippen LogP contribution is -2.15. The highest BCUT2D eigenvalue weighted by Crippen LogP contribution is 2.36. The predicted octanol–water partition coefficient (Wildman–Crippen LogP) is 0.572. The van der Waals surface area contributed by atoms with Gasteiger partial charge in [0.2, 0.25) is 0 Å². The lowest BCUT2D eigenvalue weighted by atomic mass is 10.2. The molecule has 1 saturated heterocycles. The van der Waals surface area contributed by atoms with Crippen molar-refractivity contribution in [1.29, 1.82) is 0 Å². The molecule has 0 spiro atoms. The maximum absolute atomic E-state index is 11.4. The Labute approximate surface area is 98.3 Å². The molecule has 7 heteroatoms. The highest BCUT2D eigenvalue weighted by Gasteiger charge is 2.33. The molecule has 1 fully saturated rings. The van der Waals surface area contributed by atoms with Gasteiger partial charge in [-0.2, -0.15) is 16.9 Å². The van der Waals surface area contributed by atoms with Crippen molar-refractivity contribution in [2.45, 2.75) is 24.0 Å². The molecule has 0 aliphatic carbocycles. The van der Waals surface area contributed by atoms with Crippen LogP contribution in [0.15, 0.2) is 0 Å². The average Bonchev–Trinajstić information content (AvgIpc) is 2.84. The van der Waals surface area contributed by atoms with Crippen LogP contribution < -0.4 is 5.73 Å². The Morgan fingerprint density at radius 1 is 1.44 bits per heavy atom. The average molecular weight is 259 g/mol. The third kappa shape index (κ3) is 1.53. The summed E-state index contributed by atoms with van der Waals surface area (Å²) in [5.41, 5.74) is 8.16. The Balaban J connectivity index is 1.97. The molecule has 1 atom stereocenters. The van der Waals surface area contributed by atoms with E-state index in [-0.39, 0.29) is 17.5 Å². The number of rotatable bonds is 1. The van der Waals surface area contributed by atoms with Gasteiger partial charge in [-0.25, -0.2) is 13.1 Å². The summed E-state index contributed by atoms with van der Waals surface area (Å²) in [4.78, 5) is 0. The number of thioether (sulfide) groups is 1. The Morgan fingerprint density at radius 2 is 2.25 bits per heavy atom. The predicted molar refractivity (Wildman–Crippen MR) is 63.9 cm³/mol. The first-order valence-corrected chi connectivity index (χ1v) is 8.18. The van der Waals surface area contributed by atoms with Crippen LogP contribution in [0, 0.1) is 0 Å². The first-order valence-electron chi connectivity index (χ1n) is 5.21. The van der Waals surface area contributed by atoms with Gasteiger partial charge in [-0.3, -0.25) is 0 Å². The first kappa shape index (κ1) is 10.5. The van der Waals surface area contributed by atoms with Crippen molar-refractivity contribution in [2.24, 2.45) is 0 Å². The van der Waals surface area contributed by atoms with Crippen molar-refractivity contribution in [3.63, 3.8) is 0 Å². The number of nitrogens with two attached hydrogens (primary N) is 1. The molecule has 0 aromatic carbocycles. The van der Waals surface area contributed by atoms with Crippen LogP contribution in [-0.4, -0.2) is 29.7 Å². The zero-order chi connectivity index (χ0) is 11.3. The van der Waals surface area contributed by atoms with E-state index in [0.717, 1.165) is 22.8 Å². The molecule has 0 bridgehead atoms. The number of aromatic nitrogens is 2. The van der Waals surface area contributed by atoms with Crippen LogP contribution in [0.25, 0.3) is 0 Å². The molecule has 0 saturated carbocycles. The second kappa shape index (κ2) is 3.40. The molecule has 1 aromatic heterocycles. The topological polar surface area (TPSA) is 78.0 Å². The summed E-state index contributed by atoms with van der Waals surface area (Å²) in [5.74, 6) is 2.91. The molecule has 0 amide bonds. The van der Waals surface area contributed by atoms with Crippen LogP contribution in [0.3, 0.4) is 0 Å². The van der Waals surface area contributed by atoms with E-state index < -0.39 is 9.84 Å². The Hall–Kier alpha value is -0.690. The van der Waals surface area contributed by atoms with Crippen LogP contribution in [0.2, 0.25) is 0 Å². The molecule has 5 nitrogen and oxygen atoms in total. The smallest absolute Gasteiger partial charge is 0.152 e. The molecule has 2 N–H and O–H groups in total. The van der Waals surface area contributed by atoms with E-state index in [1.165, 1.54) is 0 Å². The monoisotopic (exact) mass is 259 g/mol. The Kier molecular flexibility index (Phi) is 2.22. The van der Waals surface area contributed by atoms with E-state index in [1.54, 1.807) is 16.4 Å². The molecule has 88 valence electrons. The van der Waals surface area contributed by atoms with E-state index in [4.69, 9.17) is 5.73 Å². The normalized spacial score (nSPS) is 27.1. The summed E-state index contributed by atoms with van der Waals surface area (Å²) < 4.78 is 24.6. The van der Waals surface area contributed by atoms with Crippen LogP contribution in [-0.2, 0) is 21.3 Å². The molecule has 2 aliphatic rings. The molecular formula is C9H13N3O2S2. The lowest BCUT2D eigenvalue weighted by molar-refractivity contribution is 0.503. The number of nitrogen functional groups attached to an aromatic ring is 1. The molecule has 3 rings (SSSR count). The number of anilines is 1. The lowest BCUT2D eigenvalue weighted by Gasteiger charge is -2.11. The summed E-state index contributed by atoms with van der Waals surface area (Å²) in [6.07, 6.45) is 0.639. The summed E-state index contributed by atoms with van der Waals surface area (Å²) in [6, 6.07) is -0.0550. The van der Waals surface area contributed by atoms with Crippen molar-refractivity contribution < 1.29 is 8.42 Å². The van der Waals surface area contributed by atoms with Crippen molar-refractivity contribution in [3.8, 4) is 0 Å². The molecular weight excluding hydrogens is 246 g/mol. The highest BCUT2D eigenvalue weighted by molar-refractivity contribution is 7.98. The fourth-order valence-corrected chi connectivity index (χ4v) is 5.04. The number of fused-ring (bicyclic) bond motifs is 1. The second-order valence-electron chi connectivity index (χ2n) is 4.30. The van der Waals surface area contributed by atoms with E-state index in [1.807, 2.05) is 0 Å². The van der Waals surface area contributed by atoms with Gasteiger partial charge in [-0.15, -0.1) is 0 Å². The van der Waals surface area contributed by atoms with Crippen LogP contribution in [0.5, 0.6) is 0 Å². The summed E-state index contributed by atoms with van der Waals surface area (Å²) in [6.45, 7) is 0. The molecule has 0 radical (unpaired) electrons. The quantitative estimate of drug-likeness (QED) is 0.798. The Morgan fingerprint density at radius 3 is 2.88 bits per heavy atom. The minimum absolute atomic E-state index is 0.0550. The summed E-state index contributed by atoms with van der Waals surface area (Å²) in [7, 11) is -2.87. The minimum Gasteiger partial charge on any atom is -0.384 e. The zero-order valence-electron chi connectivity index (χ0n) is 8.72. The SMILES string of the molecule is Nc1c2c(nn1[C@@H]1CCS(=O)(=O)C1)CSC2. The van der Waals surface area contributed by atoms with Gasteiger partial charge >= 0.3 is 0 Å². The van der Waals surface area contributed by atoms with Gasteiger partial charge in [0.05, 0.1) is 23.2 Å². The van der Waals surface area contributed by atoms with Gasteiger partial charge in [0.1, 0.15) is 5.82 Å². The molecule has 2 aliphatic heterocycles. The van der Waals surface area contributed by atoms with Crippen LogP contribution in [0.1, 0.15) is 23.7 Å². The van der Waals surface area contributed by atoms with Gasteiger partial charge in [-0.05, 0) is 6.42 Å². The van der Waals surface area contributed by atoms with Gasteiger partial charge < -0.3 is 5.73 Å². The number of nitrogens with zero attached hydrogens (tertiary/aromatic N) is 2. The fraction of sp³-hybridized carbons (Fsp3) is 0.667. The number of hydrogen-bond acceptors (Lipinski definition) is 5. The van der Waals surface area contributed by atoms with E-state index in [9.17, 15) is 8.42 Å². The van der Waals surface area contributed by atoms with Crippen molar-refractivity contribution in [3.05, 3.63) is 11.3 Å². The highest BCUT2D eigenvalue weighted by atomic mass is 32.2. The van der Waals surface area contributed by atoms with Gasteiger partial charge in [-0.1, -0.05) is 0 Å². The third-order valence-electron chi connectivity index (χ3n) is 3.17. The standard InChI is InChI=1S/C9H13N3O2S2/c10-9-7-3-15-4-8(7)11-12(9)6-1-2-16(13,14)5-6/h6H,1-5,10H2/t6-/m1/s1. The van der Waals surface area contributed by atoms with Gasteiger partial charge in [0.15, 0.2) is 9.84 Å². The maximum Gasteiger partial charge on any atom is 0.152 e. The van der Waals surface area contributed by atoms with Gasteiger partial charge in [0.25, 0.3) is 0 Å². The first-order chi connectivity index (χ1) is 7.57. The molecule has 0 unspecified atom stereocenters. The summed E-state index contributed by atoms with van der Waals surface area (Å²) in [5, 5.41) is 4.44. The number of sulfone groups is 1. The number of hydrogen-bond donors (Lipinski definition) is 1. The minimum atomic E-state index is -2.87. The van der Waals surface area contributed by atoms with Crippen LogP contribution >= 0.6 is 11.8 Å². The molecule has 16 heavy (non-hydrogen) atoms. The largest absolute Gasteiger partial charge is 0.384 e. The van der Waals surface area contributed by atoms with E-state index >= 15 is 0 Å². The second-order valence-corrected chi connectivity index (χ2v) is 7.52. The fourth-order valence-electron chi connectivity index (χ4n) is 2.30. The Bertz CT molecular complexity index is 535. The van der Waals surface area contributed by atoms with E-state index in [2.05, 4.69) is 5.10 Å². The summed E-state index contributed by atoms with van der Waals surface area (Å²) >= 11 is 1.80. The van der Waals surface area contributed by atoms with Crippen molar-refractivity contribution in [2.75, 3.05) is 17.2 Å². The maximum atomic E-state index is 11.4. The van der Waals surface area contributed by atoms with Crippen LogP contribution in [0.4, 0.5) is 5.82 Å². The molecule has 3 heterocycles. The van der Waals surface area contributed by atoms with Crippen molar-refractivity contribution >= 4 is 27.4 Å². The van der Waals surface area contributed by atoms with Crippen molar-refractivity contribution in [1.82, 2.24) is 9.78 Å². The molecule has 1 aromatic rings. The zero-order valence-corrected chi connectivity index (χ0v) is 10.4.